The lowest BCUT2D eigenvalue weighted by molar-refractivity contribution is -0.134. The predicted octanol–water partition coefficient (Wildman–Crippen LogP) is 2.44. The van der Waals surface area contributed by atoms with Gasteiger partial charge in [0.25, 0.3) is 0 Å². The number of amides is 3. The quantitative estimate of drug-likeness (QED) is 0.881. The summed E-state index contributed by atoms with van der Waals surface area (Å²) in [7, 11) is 0. The maximum atomic E-state index is 12.5. The smallest absolute Gasteiger partial charge is 0.352 e. The molecule has 6 nitrogen and oxygen atoms in total. The summed E-state index contributed by atoms with van der Waals surface area (Å²) < 4.78 is 37.6. The van der Waals surface area contributed by atoms with Gasteiger partial charge in [-0.1, -0.05) is 11.3 Å². The molecule has 1 saturated carbocycles. The first-order chi connectivity index (χ1) is 10.8. The standard InChI is InChI=1S/C13H15F3N4O2S/c14-13(15,16)9-6-17-11(23-9)19-12(22)20-5-1-2-8(20)10(21)18-7-3-4-7/h6-8H,1-5H2,(H,18,21)(H,17,19,22)/t8-/m0/s1. The Morgan fingerprint density at radius 1 is 1.30 bits per heavy atom. The van der Waals surface area contributed by atoms with Crippen molar-refractivity contribution < 1.29 is 22.8 Å². The van der Waals surface area contributed by atoms with Crippen LogP contribution < -0.4 is 10.6 Å². The third-order valence-corrected chi connectivity index (χ3v) is 4.70. The van der Waals surface area contributed by atoms with Gasteiger partial charge in [-0.15, -0.1) is 0 Å². The monoisotopic (exact) mass is 348 g/mol. The van der Waals surface area contributed by atoms with Gasteiger partial charge in [0.15, 0.2) is 5.13 Å². The molecule has 1 atom stereocenters. The Labute approximate surface area is 134 Å². The number of halogens is 3. The number of nitrogens with one attached hydrogen (secondary N) is 2. The van der Waals surface area contributed by atoms with Crippen LogP contribution in [0, 0.1) is 0 Å². The summed E-state index contributed by atoms with van der Waals surface area (Å²) in [5, 5.41) is 5.06. The van der Waals surface area contributed by atoms with Crippen LogP contribution in [0.4, 0.5) is 23.1 Å². The Bertz CT molecular complexity index is 615. The van der Waals surface area contributed by atoms with Gasteiger partial charge in [0.05, 0.1) is 6.20 Å². The minimum Gasteiger partial charge on any atom is -0.352 e. The number of likely N-dealkylation sites (tertiary alicyclic amines) is 1. The first-order valence-electron chi connectivity index (χ1n) is 7.25. The average Bonchev–Trinajstić information content (AvgIpc) is 2.98. The van der Waals surface area contributed by atoms with Gasteiger partial charge >= 0.3 is 12.2 Å². The molecule has 0 radical (unpaired) electrons. The highest BCUT2D eigenvalue weighted by Crippen LogP contribution is 2.35. The fourth-order valence-corrected chi connectivity index (χ4v) is 3.11. The van der Waals surface area contributed by atoms with Crippen molar-refractivity contribution >= 4 is 28.4 Å². The predicted molar refractivity (Wildman–Crippen MR) is 77.0 cm³/mol. The molecule has 1 aliphatic carbocycles. The molecule has 3 amide bonds. The number of anilines is 1. The van der Waals surface area contributed by atoms with E-state index in [4.69, 9.17) is 0 Å². The number of carbonyl (C=O) groups excluding carboxylic acids is 2. The molecular weight excluding hydrogens is 333 g/mol. The fraction of sp³-hybridized carbons (Fsp3) is 0.615. The molecule has 0 unspecified atom stereocenters. The molecule has 1 aromatic heterocycles. The number of urea groups is 1. The second-order valence-corrected chi connectivity index (χ2v) is 6.62. The molecule has 126 valence electrons. The molecular formula is C13H15F3N4O2S. The molecule has 3 rings (SSSR count). The van der Waals surface area contributed by atoms with Crippen molar-refractivity contribution in [3.63, 3.8) is 0 Å². The minimum absolute atomic E-state index is 0.129. The summed E-state index contributed by atoms with van der Waals surface area (Å²) in [6.45, 7) is 0.395. The van der Waals surface area contributed by atoms with Crippen molar-refractivity contribution in [1.29, 1.82) is 0 Å². The molecule has 0 bridgehead atoms. The fourth-order valence-electron chi connectivity index (χ4n) is 2.43. The number of carbonyl (C=O) groups is 2. The van der Waals surface area contributed by atoms with Crippen LogP contribution in [0.2, 0.25) is 0 Å². The largest absolute Gasteiger partial charge is 0.427 e. The number of nitrogens with zero attached hydrogens (tertiary/aromatic N) is 2. The molecule has 23 heavy (non-hydrogen) atoms. The Morgan fingerprint density at radius 3 is 2.65 bits per heavy atom. The van der Waals surface area contributed by atoms with E-state index in [1.54, 1.807) is 0 Å². The summed E-state index contributed by atoms with van der Waals surface area (Å²) in [6.07, 6.45) is -0.671. The van der Waals surface area contributed by atoms with Gasteiger partial charge in [-0.25, -0.2) is 9.78 Å². The number of hydrogen-bond acceptors (Lipinski definition) is 4. The average molecular weight is 348 g/mol. The van der Waals surface area contributed by atoms with E-state index in [1.807, 2.05) is 0 Å². The zero-order valence-corrected chi connectivity index (χ0v) is 12.8. The summed E-state index contributed by atoms with van der Waals surface area (Å²) in [4.78, 5) is 28.4. The summed E-state index contributed by atoms with van der Waals surface area (Å²) >= 11 is 0.362. The topological polar surface area (TPSA) is 74.3 Å². The molecule has 2 fully saturated rings. The van der Waals surface area contributed by atoms with Crippen molar-refractivity contribution in [2.75, 3.05) is 11.9 Å². The van der Waals surface area contributed by atoms with E-state index in [0.717, 1.165) is 12.8 Å². The highest BCUT2D eigenvalue weighted by atomic mass is 32.1. The lowest BCUT2D eigenvalue weighted by atomic mass is 10.2. The molecule has 1 saturated heterocycles. The van der Waals surface area contributed by atoms with E-state index < -0.39 is 23.1 Å². The molecule has 0 aromatic carbocycles. The third kappa shape index (κ3) is 3.74. The van der Waals surface area contributed by atoms with Gasteiger partial charge in [0.1, 0.15) is 10.9 Å². The SMILES string of the molecule is O=C(NC1CC1)[C@@H]1CCCN1C(=O)Nc1ncc(C(F)(F)F)s1. The Morgan fingerprint density at radius 2 is 2.04 bits per heavy atom. The van der Waals surface area contributed by atoms with Gasteiger partial charge in [-0.2, -0.15) is 13.2 Å². The number of hydrogen-bond donors (Lipinski definition) is 2. The van der Waals surface area contributed by atoms with Crippen LogP contribution in [0.15, 0.2) is 6.20 Å². The van der Waals surface area contributed by atoms with Gasteiger partial charge < -0.3 is 10.2 Å². The molecule has 2 heterocycles. The van der Waals surface area contributed by atoms with Crippen LogP contribution in [0.3, 0.4) is 0 Å². The van der Waals surface area contributed by atoms with E-state index in [2.05, 4.69) is 15.6 Å². The maximum absolute atomic E-state index is 12.5. The lowest BCUT2D eigenvalue weighted by Gasteiger charge is -2.23. The molecule has 1 aliphatic heterocycles. The zero-order chi connectivity index (χ0) is 16.6. The van der Waals surface area contributed by atoms with Crippen LogP contribution in [0.25, 0.3) is 0 Å². The zero-order valence-electron chi connectivity index (χ0n) is 12.0. The number of rotatable bonds is 3. The number of alkyl halides is 3. The molecule has 10 heteroatoms. The van der Waals surface area contributed by atoms with Gasteiger partial charge in [-0.05, 0) is 25.7 Å². The van der Waals surface area contributed by atoms with Crippen LogP contribution in [-0.2, 0) is 11.0 Å². The van der Waals surface area contributed by atoms with E-state index in [1.165, 1.54) is 4.90 Å². The molecule has 2 N–H and O–H groups in total. The summed E-state index contributed by atoms with van der Waals surface area (Å²) in [5.74, 6) is -0.199. The lowest BCUT2D eigenvalue weighted by Crippen LogP contribution is -2.47. The second kappa shape index (κ2) is 5.99. The Balaban J connectivity index is 1.62. The molecule has 1 aromatic rings. The van der Waals surface area contributed by atoms with Crippen molar-refractivity contribution in [1.82, 2.24) is 15.2 Å². The van der Waals surface area contributed by atoms with E-state index >= 15 is 0 Å². The number of thiazole rings is 1. The Hall–Kier alpha value is -1.84. The van der Waals surface area contributed by atoms with E-state index in [9.17, 15) is 22.8 Å². The first kappa shape index (κ1) is 16.0. The summed E-state index contributed by atoms with van der Waals surface area (Å²) in [5.41, 5.74) is 0. The number of aromatic nitrogens is 1. The highest BCUT2D eigenvalue weighted by Gasteiger charge is 2.37. The van der Waals surface area contributed by atoms with Gasteiger partial charge in [-0.3, -0.25) is 10.1 Å². The Kier molecular flexibility index (Phi) is 4.17. The van der Waals surface area contributed by atoms with Crippen molar-refractivity contribution in [3.8, 4) is 0 Å². The first-order valence-corrected chi connectivity index (χ1v) is 8.07. The van der Waals surface area contributed by atoms with E-state index in [0.29, 0.717) is 36.9 Å². The molecule has 0 spiro atoms. The van der Waals surface area contributed by atoms with Crippen molar-refractivity contribution in [2.24, 2.45) is 0 Å². The normalized spacial score (nSPS) is 21.3. The minimum atomic E-state index is -4.49. The van der Waals surface area contributed by atoms with Gasteiger partial charge in [0, 0.05) is 12.6 Å². The summed E-state index contributed by atoms with van der Waals surface area (Å²) in [6, 6.07) is -0.972. The van der Waals surface area contributed by atoms with Crippen LogP contribution in [0.5, 0.6) is 0 Å². The van der Waals surface area contributed by atoms with Gasteiger partial charge in [0.2, 0.25) is 5.91 Å². The molecule has 2 aliphatic rings. The second-order valence-electron chi connectivity index (χ2n) is 5.59. The van der Waals surface area contributed by atoms with Crippen LogP contribution in [0.1, 0.15) is 30.6 Å². The third-order valence-electron chi connectivity index (χ3n) is 3.74. The highest BCUT2D eigenvalue weighted by molar-refractivity contribution is 7.15. The van der Waals surface area contributed by atoms with Crippen molar-refractivity contribution in [2.45, 2.75) is 43.9 Å². The van der Waals surface area contributed by atoms with Crippen molar-refractivity contribution in [3.05, 3.63) is 11.1 Å². The van der Waals surface area contributed by atoms with Crippen LogP contribution in [-0.4, -0.2) is 40.5 Å². The van der Waals surface area contributed by atoms with E-state index in [-0.39, 0.29) is 17.1 Å². The maximum Gasteiger partial charge on any atom is 0.427 e. The van der Waals surface area contributed by atoms with Crippen LogP contribution >= 0.6 is 11.3 Å².